The van der Waals surface area contributed by atoms with Crippen molar-refractivity contribution < 1.29 is 109 Å². The Morgan fingerprint density at radius 1 is 0.553 bits per heavy atom. The number of carbonyl (C=O) groups is 12. The van der Waals surface area contributed by atoms with Crippen molar-refractivity contribution in [1.82, 2.24) is 37.2 Å². The summed E-state index contributed by atoms with van der Waals surface area (Å²) >= 11 is 0. The first-order valence-corrected chi connectivity index (χ1v) is 36.1. The van der Waals surface area contributed by atoms with E-state index >= 15 is 0 Å². The summed E-state index contributed by atoms with van der Waals surface area (Å²) in [5, 5.41) is 63.6. The van der Waals surface area contributed by atoms with Crippen LogP contribution in [-0.2, 0) is 88.6 Å². The number of anilines is 1. The summed E-state index contributed by atoms with van der Waals surface area (Å²) in [6, 6.07) is -1.04. The third kappa shape index (κ3) is 29.3. The number of nitrogens with one attached hydrogen (secondary N) is 7. The molecule has 103 heavy (non-hydrogen) atoms. The number of nitrogens with two attached hydrogens (primary N) is 1. The number of carbonyl (C=O) groups excluding carboxylic acids is 7. The number of rotatable bonds is 47. The molecule has 3 rings (SSSR count). The molecule has 6 atom stereocenters. The normalized spacial score (nSPS) is 15.3. The third-order valence-corrected chi connectivity index (χ3v) is 18.6. The zero-order valence-corrected chi connectivity index (χ0v) is 60.2. The van der Waals surface area contributed by atoms with Gasteiger partial charge >= 0.3 is 29.8 Å². The second-order valence-corrected chi connectivity index (χ2v) is 28.3. The second kappa shape index (κ2) is 41.4. The van der Waals surface area contributed by atoms with Crippen molar-refractivity contribution in [3.63, 3.8) is 0 Å². The minimum atomic E-state index is -4.54. The SMILES string of the molecule is CC\N=C(/C=C/C=C/C=C/C=C1/N(CCCCCC(=O)NCCCC[C@@H](NC(=O)[C@@H](CCC(=O)O)NC(=O)[C@@H](CCC(=O)O)NC(=O)[C@@H](CCC(=O)O)NC(=O)[C@@H](CCC(=O)O)NC(=O)[C@@H](CCC(=O)O)NC)C(N)=O)c2ccc(S(=O)(=O)O)cc2C1(C)C)C(C)(C)c1cc(S(=O)(=O)O)ccc1C. The van der Waals surface area contributed by atoms with Gasteiger partial charge in [0.15, 0.2) is 0 Å². The highest BCUT2D eigenvalue weighted by Crippen LogP contribution is 2.48. The Hall–Kier alpha value is -9.71. The van der Waals surface area contributed by atoms with Crippen LogP contribution in [0.25, 0.3) is 0 Å². The molecule has 0 unspecified atom stereocenters. The first kappa shape index (κ1) is 87.5. The number of allylic oxidation sites excluding steroid dienone is 8. The van der Waals surface area contributed by atoms with Crippen LogP contribution in [0.3, 0.4) is 0 Å². The van der Waals surface area contributed by atoms with Gasteiger partial charge in [0.1, 0.15) is 30.2 Å². The van der Waals surface area contributed by atoms with Crippen molar-refractivity contribution in [2.75, 3.05) is 31.6 Å². The molecule has 0 aliphatic carbocycles. The molecule has 2 aromatic carbocycles. The number of hydrogen-bond donors (Lipinski definition) is 15. The minimum Gasteiger partial charge on any atom is -0.481 e. The van der Waals surface area contributed by atoms with Crippen LogP contribution in [0.4, 0.5) is 5.69 Å². The van der Waals surface area contributed by atoms with Gasteiger partial charge < -0.3 is 73.4 Å². The summed E-state index contributed by atoms with van der Waals surface area (Å²) in [5.74, 6) is -14.2. The molecule has 1 aliphatic heterocycles. The predicted molar refractivity (Wildman–Crippen MR) is 376 cm³/mol. The van der Waals surface area contributed by atoms with Gasteiger partial charge in [0.2, 0.25) is 41.4 Å². The van der Waals surface area contributed by atoms with Crippen molar-refractivity contribution in [1.29, 1.82) is 0 Å². The van der Waals surface area contributed by atoms with Crippen molar-refractivity contribution in [3.8, 4) is 0 Å². The van der Waals surface area contributed by atoms with Crippen molar-refractivity contribution in [2.45, 2.75) is 208 Å². The van der Waals surface area contributed by atoms with E-state index in [0.29, 0.717) is 49.2 Å². The lowest BCUT2D eigenvalue weighted by Crippen LogP contribution is -2.59. The molecular formula is C68H96N10O23S2. The van der Waals surface area contributed by atoms with Crippen LogP contribution in [-0.4, -0.2) is 191 Å². The van der Waals surface area contributed by atoms with Gasteiger partial charge in [-0.05, 0) is 144 Å². The maximum atomic E-state index is 13.9. The molecule has 7 amide bonds. The largest absolute Gasteiger partial charge is 0.481 e. The average molecular weight is 1490 g/mol. The fraction of sp³-hybridized carbons (Fsp3) is 0.515. The third-order valence-electron chi connectivity index (χ3n) is 16.9. The molecule has 0 saturated heterocycles. The monoisotopic (exact) mass is 1480 g/mol. The number of aliphatic imine (C=N–C) groups is 1. The highest BCUT2D eigenvalue weighted by atomic mass is 32.2. The van der Waals surface area contributed by atoms with Crippen LogP contribution in [0, 0.1) is 6.92 Å². The van der Waals surface area contributed by atoms with E-state index in [1.165, 1.54) is 31.3 Å². The summed E-state index contributed by atoms with van der Waals surface area (Å²) in [4.78, 5) is 158. The molecule has 16 N–H and O–H groups in total. The van der Waals surface area contributed by atoms with Crippen LogP contribution in [0.15, 0.2) is 99.4 Å². The predicted octanol–water partition coefficient (Wildman–Crippen LogP) is 3.25. The number of fused-ring (bicyclic) bond motifs is 1. The molecule has 0 radical (unpaired) electrons. The zero-order chi connectivity index (χ0) is 77.6. The van der Waals surface area contributed by atoms with Crippen LogP contribution in [0.1, 0.15) is 160 Å². The molecule has 0 spiro atoms. The van der Waals surface area contributed by atoms with Gasteiger partial charge in [-0.1, -0.05) is 70.6 Å². The van der Waals surface area contributed by atoms with E-state index in [-0.39, 0.29) is 54.3 Å². The maximum absolute atomic E-state index is 13.9. The van der Waals surface area contributed by atoms with Crippen molar-refractivity contribution >= 4 is 103 Å². The Kier molecular flexibility index (Phi) is 35.2. The van der Waals surface area contributed by atoms with Gasteiger partial charge in [-0.15, -0.1) is 0 Å². The Bertz CT molecular complexity index is 3810. The van der Waals surface area contributed by atoms with E-state index < -0.39 is 190 Å². The fourth-order valence-electron chi connectivity index (χ4n) is 11.2. The molecular weight excluding hydrogens is 1390 g/mol. The van der Waals surface area contributed by atoms with Gasteiger partial charge in [-0.25, -0.2) is 0 Å². The van der Waals surface area contributed by atoms with E-state index in [1.807, 2.05) is 59.8 Å². The Morgan fingerprint density at radius 3 is 1.43 bits per heavy atom. The molecule has 0 aromatic heterocycles. The van der Waals surface area contributed by atoms with Gasteiger partial charge in [-0.2, -0.15) is 16.8 Å². The van der Waals surface area contributed by atoms with Crippen LogP contribution < -0.4 is 47.9 Å². The van der Waals surface area contributed by atoms with Crippen LogP contribution >= 0.6 is 0 Å². The van der Waals surface area contributed by atoms with Gasteiger partial charge in [0.25, 0.3) is 20.2 Å². The first-order chi connectivity index (χ1) is 48.1. The van der Waals surface area contributed by atoms with E-state index in [4.69, 9.17) is 10.8 Å². The Morgan fingerprint density at radius 2 is 0.981 bits per heavy atom. The standard InChI is InChI=1S/C68H96N10O23S2/c1-8-71-53(67(3,4)44-39-42(102(96,97)98)24-23-41(44)2)20-13-10-9-11-14-21-54-68(5,6)45-40-43(103(99,100)101)25-31-52(45)78(54)38-18-12-15-22-55(79)72-37-17-16-19-46(61(69)90)73-63(92)48(27-33-57(82)83)75-65(94)50(29-35-59(86)87)77-66(95)51(30-36-60(88)89)76-64(93)49(28-34-58(84)85)74-62(91)47(70-7)26-32-56(80)81/h9-11,13-14,20-21,23-25,31,39-40,46-51,70H,8,12,15-19,22,26-30,32-38H2,1-7H3,(H2,69,90)(H,72,79)(H,73,92)(H,74,91)(H,75,94)(H,76,93)(H,77,95)(H,80,81)(H,82,83)(H,84,85)(H,86,87)(H,88,89)(H,96,97,98)(H,99,100,101)/b10-9+,14-11+,20-13+,54-21+,71-53+/t46-,47-,48-,49-,50-,51-/m1/s1. The van der Waals surface area contributed by atoms with Crippen LogP contribution in [0.2, 0.25) is 0 Å². The number of aliphatic carboxylic acids is 5. The smallest absolute Gasteiger partial charge is 0.303 e. The lowest BCUT2D eigenvalue weighted by Gasteiger charge is -2.28. The maximum Gasteiger partial charge on any atom is 0.303 e. The molecule has 0 saturated carbocycles. The number of carboxylic acids is 5. The quantitative estimate of drug-likeness (QED) is 0.0196. The molecule has 568 valence electrons. The molecule has 0 fully saturated rings. The topological polar surface area (TPSA) is 541 Å². The molecule has 2 aromatic rings. The number of benzene rings is 2. The summed E-state index contributed by atoms with van der Waals surface area (Å²) in [6.45, 7) is 12.4. The number of amides is 7. The number of aryl methyl sites for hydroxylation is 1. The number of primary amides is 1. The number of unbranched alkanes of at least 4 members (excludes halogenated alkanes) is 3. The Labute approximate surface area is 597 Å². The van der Waals surface area contributed by atoms with Gasteiger partial charge in [0, 0.05) is 86.1 Å². The highest BCUT2D eigenvalue weighted by Gasteiger charge is 2.41. The van der Waals surface area contributed by atoms with E-state index in [1.54, 1.807) is 36.4 Å². The lowest BCUT2D eigenvalue weighted by molar-refractivity contribution is -0.140. The van der Waals surface area contributed by atoms with Gasteiger partial charge in [0.05, 0.1) is 15.8 Å². The van der Waals surface area contributed by atoms with E-state index in [9.17, 15) is 104 Å². The summed E-state index contributed by atoms with van der Waals surface area (Å²) < 4.78 is 68.1. The number of carboxylic acid groups (broad SMARTS) is 5. The second-order valence-electron chi connectivity index (χ2n) is 25.4. The number of likely N-dealkylation sites (N-methyl/N-ethyl adjacent to an activating group) is 1. The number of hydrogen-bond acceptors (Lipinski definition) is 19. The van der Waals surface area contributed by atoms with Crippen molar-refractivity contribution in [2.24, 2.45) is 10.7 Å². The fourth-order valence-corrected chi connectivity index (χ4v) is 12.2. The lowest BCUT2D eigenvalue weighted by atomic mass is 9.77. The molecule has 1 heterocycles. The zero-order valence-electron chi connectivity index (χ0n) is 58.6. The minimum absolute atomic E-state index is 0.107. The molecule has 35 heteroatoms. The summed E-state index contributed by atoms with van der Waals surface area (Å²) in [5.41, 5.74) is 8.51. The van der Waals surface area contributed by atoms with Crippen molar-refractivity contribution in [3.05, 3.63) is 101 Å². The summed E-state index contributed by atoms with van der Waals surface area (Å²) in [6.07, 6.45) is 8.45. The van der Waals surface area contributed by atoms with Gasteiger partial charge in [-0.3, -0.25) is 71.6 Å². The number of nitrogens with zero attached hydrogens (tertiary/aromatic N) is 2. The average Bonchev–Trinajstić information content (AvgIpc) is 1.60. The summed E-state index contributed by atoms with van der Waals surface area (Å²) in [7, 11) is -7.68. The Balaban J connectivity index is 1.68. The van der Waals surface area contributed by atoms with E-state index in [0.717, 1.165) is 16.9 Å². The molecule has 0 bridgehead atoms. The van der Waals surface area contributed by atoms with E-state index in [2.05, 4.69) is 47.1 Å². The molecule has 1 aliphatic rings. The van der Waals surface area contributed by atoms with Crippen LogP contribution in [0.5, 0.6) is 0 Å². The highest BCUT2D eigenvalue weighted by molar-refractivity contribution is 7.86. The first-order valence-electron chi connectivity index (χ1n) is 33.2. The molecule has 33 nitrogen and oxygen atoms in total.